The molecule has 0 saturated heterocycles. The molecule has 2 atom stereocenters. The lowest BCUT2D eigenvalue weighted by molar-refractivity contribution is -0.143. The van der Waals surface area contributed by atoms with Crippen LogP contribution >= 0.6 is 0 Å². The Balaban J connectivity index is 3.44. The SMILES string of the molecule is CCCCCC/C=C\C/C=C\CCCCCCCC(=O)OCCCCCCCCCCCCCCCCCC(=O)NC(CO)C(O)CCCCCCCCCCCCCCCCCCCC. The molecule has 0 rings (SSSR count). The number of aliphatic hydroxyl groups is 2. The van der Waals surface area contributed by atoms with Crippen molar-refractivity contribution in [2.45, 2.75) is 334 Å². The van der Waals surface area contributed by atoms with E-state index in [0.29, 0.717) is 25.9 Å². The van der Waals surface area contributed by atoms with Crippen molar-refractivity contribution in [3.63, 3.8) is 0 Å². The second kappa shape index (κ2) is 55.9. The zero-order valence-electron chi connectivity index (χ0n) is 44.4. The number of aliphatic hydroxyl groups excluding tert-OH is 2. The first-order valence-electron chi connectivity index (χ1n) is 29.6. The number of carbonyl (C=O) groups is 2. The van der Waals surface area contributed by atoms with Crippen LogP contribution in [0.3, 0.4) is 0 Å². The summed E-state index contributed by atoms with van der Waals surface area (Å²) in [7, 11) is 0. The van der Waals surface area contributed by atoms with Gasteiger partial charge in [-0.05, 0) is 57.8 Å². The predicted octanol–water partition coefficient (Wildman–Crippen LogP) is 18.2. The second-order valence-corrected chi connectivity index (χ2v) is 20.3. The third-order valence-electron chi connectivity index (χ3n) is 13.8. The summed E-state index contributed by atoms with van der Waals surface area (Å²) in [4.78, 5) is 24.6. The number of unbranched alkanes of at least 4 members (excludes halogenated alkanes) is 40. The van der Waals surface area contributed by atoms with Crippen molar-refractivity contribution in [1.29, 1.82) is 0 Å². The van der Waals surface area contributed by atoms with E-state index in [9.17, 15) is 19.8 Å². The van der Waals surface area contributed by atoms with Crippen molar-refractivity contribution in [1.82, 2.24) is 5.32 Å². The van der Waals surface area contributed by atoms with Gasteiger partial charge >= 0.3 is 5.97 Å². The molecule has 66 heavy (non-hydrogen) atoms. The number of nitrogens with one attached hydrogen (secondary N) is 1. The number of carbonyl (C=O) groups excluding carboxylic acids is 2. The largest absolute Gasteiger partial charge is 0.466 e. The Hall–Kier alpha value is -1.66. The van der Waals surface area contributed by atoms with Crippen LogP contribution in [-0.2, 0) is 14.3 Å². The lowest BCUT2D eigenvalue weighted by Crippen LogP contribution is -2.45. The Morgan fingerprint density at radius 1 is 0.424 bits per heavy atom. The standard InChI is InChI=1S/C60H115NO5/c1-3-5-7-9-11-13-15-17-19-21-22-24-28-32-36-40-44-48-52-58(63)57(56-62)61-59(64)53-49-45-41-37-33-29-25-23-27-31-35-39-43-47-51-55-66-60(65)54-50-46-42-38-34-30-26-20-18-16-14-12-10-8-6-4-2/h14,16,20,26,57-58,62-63H,3-13,15,17-19,21-25,27-56H2,1-2H3,(H,61,64)/b16-14-,26-20-. The van der Waals surface area contributed by atoms with E-state index < -0.39 is 12.1 Å². The molecule has 0 aromatic rings. The molecule has 0 bridgehead atoms. The average Bonchev–Trinajstić information content (AvgIpc) is 3.32. The molecule has 3 N–H and O–H groups in total. The van der Waals surface area contributed by atoms with Crippen LogP contribution in [0.2, 0.25) is 0 Å². The Bertz CT molecular complexity index is 1030. The van der Waals surface area contributed by atoms with Gasteiger partial charge in [-0.25, -0.2) is 0 Å². The van der Waals surface area contributed by atoms with Gasteiger partial charge in [-0.2, -0.15) is 0 Å². The van der Waals surface area contributed by atoms with E-state index >= 15 is 0 Å². The fourth-order valence-corrected chi connectivity index (χ4v) is 9.20. The van der Waals surface area contributed by atoms with Gasteiger partial charge in [-0.1, -0.05) is 276 Å². The normalized spacial score (nSPS) is 12.7. The minimum atomic E-state index is -0.671. The molecule has 0 aliphatic carbocycles. The van der Waals surface area contributed by atoms with Crippen LogP contribution in [0.15, 0.2) is 24.3 Å². The Kier molecular flexibility index (Phi) is 54.5. The van der Waals surface area contributed by atoms with Gasteiger partial charge in [0.25, 0.3) is 0 Å². The molecule has 0 fully saturated rings. The van der Waals surface area contributed by atoms with E-state index in [0.717, 1.165) is 57.8 Å². The van der Waals surface area contributed by atoms with Crippen LogP contribution in [-0.4, -0.2) is 47.4 Å². The van der Waals surface area contributed by atoms with Crippen LogP contribution in [0, 0.1) is 0 Å². The van der Waals surface area contributed by atoms with Gasteiger partial charge < -0.3 is 20.3 Å². The molecule has 0 spiro atoms. The van der Waals surface area contributed by atoms with Crippen LogP contribution in [0.5, 0.6) is 0 Å². The van der Waals surface area contributed by atoms with Gasteiger partial charge in [0.05, 0.1) is 25.4 Å². The van der Waals surface area contributed by atoms with Gasteiger partial charge in [-0.3, -0.25) is 9.59 Å². The van der Waals surface area contributed by atoms with E-state index in [4.69, 9.17) is 4.74 Å². The summed E-state index contributed by atoms with van der Waals surface area (Å²) < 4.78 is 5.47. The van der Waals surface area contributed by atoms with Crippen molar-refractivity contribution in [2.24, 2.45) is 0 Å². The quantitative estimate of drug-likeness (QED) is 0.0321. The lowest BCUT2D eigenvalue weighted by atomic mass is 10.0. The number of hydrogen-bond acceptors (Lipinski definition) is 5. The number of ether oxygens (including phenoxy) is 1. The topological polar surface area (TPSA) is 95.9 Å². The van der Waals surface area contributed by atoms with Crippen LogP contribution in [0.25, 0.3) is 0 Å². The first kappa shape index (κ1) is 64.3. The molecule has 0 aromatic heterocycles. The highest BCUT2D eigenvalue weighted by Crippen LogP contribution is 2.17. The first-order chi connectivity index (χ1) is 32.5. The molecule has 0 aromatic carbocycles. The first-order valence-corrected chi connectivity index (χ1v) is 29.6. The van der Waals surface area contributed by atoms with Crippen LogP contribution < -0.4 is 5.32 Å². The zero-order valence-corrected chi connectivity index (χ0v) is 44.4. The maximum Gasteiger partial charge on any atom is 0.305 e. The van der Waals surface area contributed by atoms with Crippen LogP contribution in [0.4, 0.5) is 0 Å². The average molecular weight is 931 g/mol. The van der Waals surface area contributed by atoms with Crippen molar-refractivity contribution >= 4 is 11.9 Å². The molecule has 0 radical (unpaired) electrons. The van der Waals surface area contributed by atoms with Gasteiger partial charge in [0, 0.05) is 12.8 Å². The smallest absolute Gasteiger partial charge is 0.305 e. The van der Waals surface area contributed by atoms with Crippen molar-refractivity contribution in [2.75, 3.05) is 13.2 Å². The number of esters is 1. The Morgan fingerprint density at radius 2 is 0.758 bits per heavy atom. The molecule has 1 amide bonds. The molecule has 390 valence electrons. The van der Waals surface area contributed by atoms with E-state index in [1.54, 1.807) is 0 Å². The minimum Gasteiger partial charge on any atom is -0.466 e. The third-order valence-corrected chi connectivity index (χ3v) is 13.8. The number of hydrogen-bond donors (Lipinski definition) is 3. The molecular weight excluding hydrogens is 815 g/mol. The molecule has 0 saturated carbocycles. The van der Waals surface area contributed by atoms with Gasteiger partial charge in [0.2, 0.25) is 5.91 Å². The molecule has 0 heterocycles. The summed E-state index contributed by atoms with van der Waals surface area (Å²) in [6, 6.07) is -0.549. The molecule has 0 aliphatic rings. The van der Waals surface area contributed by atoms with E-state index in [-0.39, 0.29) is 18.5 Å². The lowest BCUT2D eigenvalue weighted by Gasteiger charge is -2.22. The molecule has 6 nitrogen and oxygen atoms in total. The number of amides is 1. The fraction of sp³-hybridized carbons (Fsp3) is 0.900. The summed E-state index contributed by atoms with van der Waals surface area (Å²) in [6.45, 7) is 4.93. The molecule has 2 unspecified atom stereocenters. The summed E-state index contributed by atoms with van der Waals surface area (Å²) >= 11 is 0. The van der Waals surface area contributed by atoms with Crippen LogP contribution in [0.1, 0.15) is 322 Å². The highest BCUT2D eigenvalue weighted by Gasteiger charge is 2.20. The molecule has 0 aliphatic heterocycles. The summed E-state index contributed by atoms with van der Waals surface area (Å²) in [6.07, 6.45) is 67.3. The highest BCUT2D eigenvalue weighted by molar-refractivity contribution is 5.76. The number of allylic oxidation sites excluding steroid dienone is 4. The summed E-state index contributed by atoms with van der Waals surface area (Å²) in [5.74, 6) is -0.0538. The van der Waals surface area contributed by atoms with Gasteiger partial charge in [-0.15, -0.1) is 0 Å². The molecule has 6 heteroatoms. The monoisotopic (exact) mass is 930 g/mol. The van der Waals surface area contributed by atoms with Gasteiger partial charge in [0.1, 0.15) is 0 Å². The second-order valence-electron chi connectivity index (χ2n) is 20.3. The van der Waals surface area contributed by atoms with E-state index in [1.807, 2.05) is 0 Å². The Labute approximate surface area is 411 Å². The fourth-order valence-electron chi connectivity index (χ4n) is 9.20. The van der Waals surface area contributed by atoms with Crippen molar-refractivity contribution < 1.29 is 24.5 Å². The molecular formula is C60H115NO5. The summed E-state index contributed by atoms with van der Waals surface area (Å²) in [5, 5.41) is 23.3. The third kappa shape index (κ3) is 51.7. The van der Waals surface area contributed by atoms with E-state index in [2.05, 4.69) is 43.5 Å². The predicted molar refractivity (Wildman–Crippen MR) is 287 cm³/mol. The minimum absolute atomic E-state index is 0.0122. The van der Waals surface area contributed by atoms with E-state index in [1.165, 1.54) is 231 Å². The Morgan fingerprint density at radius 3 is 1.17 bits per heavy atom. The zero-order chi connectivity index (χ0) is 47.9. The highest BCUT2D eigenvalue weighted by atomic mass is 16.5. The maximum atomic E-state index is 12.5. The maximum absolute atomic E-state index is 12.5. The van der Waals surface area contributed by atoms with Crippen molar-refractivity contribution in [3.8, 4) is 0 Å². The number of rotatable bonds is 55. The summed E-state index contributed by atoms with van der Waals surface area (Å²) in [5.41, 5.74) is 0. The van der Waals surface area contributed by atoms with Crippen molar-refractivity contribution in [3.05, 3.63) is 24.3 Å². The van der Waals surface area contributed by atoms with Gasteiger partial charge in [0.15, 0.2) is 0 Å².